The quantitative estimate of drug-likeness (QED) is 0.818. The minimum atomic E-state index is -0.117. The van der Waals surface area contributed by atoms with Crippen LogP contribution in [0.4, 0.5) is 5.69 Å². The second-order valence-electron chi connectivity index (χ2n) is 4.95. The number of nitrogens with zero attached hydrogens (tertiary/aromatic N) is 1. The maximum atomic E-state index is 11.6. The molecule has 1 heterocycles. The van der Waals surface area contributed by atoms with Crippen LogP contribution in [0.2, 0.25) is 0 Å². The Morgan fingerprint density at radius 3 is 2.94 bits per heavy atom. The first-order valence-corrected chi connectivity index (χ1v) is 6.11. The van der Waals surface area contributed by atoms with Crippen LogP contribution in [0.1, 0.15) is 37.2 Å². The maximum absolute atomic E-state index is 11.6. The van der Waals surface area contributed by atoms with Crippen LogP contribution >= 0.6 is 0 Å². The SMILES string of the molecule is CCNC(=O)c1cc(NCC2(C)CC2)ccn1. The standard InChI is InChI=1S/C13H19N3O/c1-3-14-12(17)11-8-10(4-7-15-11)16-9-13(2)5-6-13/h4,7-8H,3,5-6,9H2,1-2H3,(H,14,17)(H,15,16). The van der Waals surface area contributed by atoms with Gasteiger partial charge in [-0.3, -0.25) is 9.78 Å². The van der Waals surface area contributed by atoms with E-state index in [1.54, 1.807) is 12.3 Å². The van der Waals surface area contributed by atoms with Gasteiger partial charge in [0.25, 0.3) is 5.91 Å². The summed E-state index contributed by atoms with van der Waals surface area (Å²) in [7, 11) is 0. The molecule has 1 aliphatic carbocycles. The first-order valence-electron chi connectivity index (χ1n) is 6.11. The zero-order valence-corrected chi connectivity index (χ0v) is 10.4. The van der Waals surface area contributed by atoms with Crippen molar-refractivity contribution in [2.45, 2.75) is 26.7 Å². The van der Waals surface area contributed by atoms with E-state index in [9.17, 15) is 4.79 Å². The maximum Gasteiger partial charge on any atom is 0.269 e. The number of hydrogen-bond acceptors (Lipinski definition) is 3. The Balaban J connectivity index is 1.98. The van der Waals surface area contributed by atoms with E-state index in [0.717, 1.165) is 12.2 Å². The zero-order valence-electron chi connectivity index (χ0n) is 10.4. The lowest BCUT2D eigenvalue weighted by Gasteiger charge is -2.11. The van der Waals surface area contributed by atoms with Gasteiger partial charge in [0.2, 0.25) is 0 Å². The Morgan fingerprint density at radius 2 is 2.29 bits per heavy atom. The van der Waals surface area contributed by atoms with Crippen LogP contribution in [0.3, 0.4) is 0 Å². The Labute approximate surface area is 102 Å². The molecule has 17 heavy (non-hydrogen) atoms. The van der Waals surface area contributed by atoms with E-state index in [1.807, 2.05) is 13.0 Å². The van der Waals surface area contributed by atoms with Crippen LogP contribution in [0.15, 0.2) is 18.3 Å². The fourth-order valence-electron chi connectivity index (χ4n) is 1.62. The largest absolute Gasteiger partial charge is 0.384 e. The Kier molecular flexibility index (Phi) is 3.31. The molecule has 4 nitrogen and oxygen atoms in total. The molecule has 2 N–H and O–H groups in total. The van der Waals surface area contributed by atoms with Crippen molar-refractivity contribution < 1.29 is 4.79 Å². The number of amides is 1. The van der Waals surface area contributed by atoms with E-state index in [-0.39, 0.29) is 5.91 Å². The predicted octanol–water partition coefficient (Wildman–Crippen LogP) is 2.04. The summed E-state index contributed by atoms with van der Waals surface area (Å²) in [5.41, 5.74) is 1.89. The van der Waals surface area contributed by atoms with Crippen molar-refractivity contribution in [2.24, 2.45) is 5.41 Å². The summed E-state index contributed by atoms with van der Waals surface area (Å²) >= 11 is 0. The average molecular weight is 233 g/mol. The van der Waals surface area contributed by atoms with Crippen molar-refractivity contribution in [1.82, 2.24) is 10.3 Å². The normalized spacial score (nSPS) is 16.4. The van der Waals surface area contributed by atoms with Gasteiger partial charge in [0.15, 0.2) is 0 Å². The minimum absolute atomic E-state index is 0.117. The van der Waals surface area contributed by atoms with E-state index in [2.05, 4.69) is 22.5 Å². The van der Waals surface area contributed by atoms with Gasteiger partial charge >= 0.3 is 0 Å². The van der Waals surface area contributed by atoms with Crippen molar-refractivity contribution in [3.63, 3.8) is 0 Å². The van der Waals surface area contributed by atoms with Gasteiger partial charge in [0.1, 0.15) is 5.69 Å². The molecule has 0 aliphatic heterocycles. The number of carbonyl (C=O) groups excluding carboxylic acids is 1. The molecule has 0 atom stereocenters. The van der Waals surface area contributed by atoms with Gasteiger partial charge in [-0.05, 0) is 37.3 Å². The van der Waals surface area contributed by atoms with Crippen LogP contribution in [0, 0.1) is 5.41 Å². The summed E-state index contributed by atoms with van der Waals surface area (Å²) in [4.78, 5) is 15.7. The molecule has 0 bridgehead atoms. The summed E-state index contributed by atoms with van der Waals surface area (Å²) in [6.45, 7) is 5.75. The third-order valence-electron chi connectivity index (χ3n) is 3.15. The highest BCUT2D eigenvalue weighted by Gasteiger charge is 2.36. The molecule has 0 saturated heterocycles. The molecule has 0 aromatic carbocycles. The van der Waals surface area contributed by atoms with Gasteiger partial charge in [-0.25, -0.2) is 0 Å². The van der Waals surface area contributed by atoms with Crippen molar-refractivity contribution in [1.29, 1.82) is 0 Å². The van der Waals surface area contributed by atoms with E-state index < -0.39 is 0 Å². The second-order valence-corrected chi connectivity index (χ2v) is 4.95. The topological polar surface area (TPSA) is 54.0 Å². The third kappa shape index (κ3) is 3.19. The Bertz CT molecular complexity index is 413. The Hall–Kier alpha value is -1.58. The molecule has 1 saturated carbocycles. The molecule has 0 radical (unpaired) electrons. The van der Waals surface area contributed by atoms with E-state index in [0.29, 0.717) is 17.7 Å². The summed E-state index contributed by atoms with van der Waals surface area (Å²) in [5.74, 6) is -0.117. The summed E-state index contributed by atoms with van der Waals surface area (Å²) in [6, 6.07) is 3.70. The smallest absolute Gasteiger partial charge is 0.269 e. The molecule has 1 fully saturated rings. The van der Waals surface area contributed by atoms with E-state index in [1.165, 1.54) is 12.8 Å². The van der Waals surface area contributed by atoms with Crippen molar-refractivity contribution in [3.8, 4) is 0 Å². The minimum Gasteiger partial charge on any atom is -0.384 e. The average Bonchev–Trinajstić information content (AvgIpc) is 3.06. The number of carbonyl (C=O) groups is 1. The molecule has 1 amide bonds. The lowest BCUT2D eigenvalue weighted by Crippen LogP contribution is -2.23. The van der Waals surface area contributed by atoms with Gasteiger partial charge in [-0.2, -0.15) is 0 Å². The van der Waals surface area contributed by atoms with Crippen molar-refractivity contribution in [2.75, 3.05) is 18.4 Å². The number of nitrogens with one attached hydrogen (secondary N) is 2. The number of aromatic nitrogens is 1. The molecule has 0 spiro atoms. The first-order chi connectivity index (χ1) is 8.13. The van der Waals surface area contributed by atoms with Crippen LogP contribution in [-0.2, 0) is 0 Å². The molecule has 1 aromatic heterocycles. The van der Waals surface area contributed by atoms with Gasteiger partial charge in [0.05, 0.1) is 0 Å². The predicted molar refractivity (Wildman–Crippen MR) is 68.1 cm³/mol. The van der Waals surface area contributed by atoms with E-state index >= 15 is 0 Å². The monoisotopic (exact) mass is 233 g/mol. The lowest BCUT2D eigenvalue weighted by molar-refractivity contribution is 0.0951. The van der Waals surface area contributed by atoms with Gasteiger partial charge in [-0.1, -0.05) is 6.92 Å². The molecule has 1 aliphatic rings. The summed E-state index contributed by atoms with van der Waals surface area (Å²) in [6.07, 6.45) is 4.24. The highest BCUT2D eigenvalue weighted by Crippen LogP contribution is 2.44. The van der Waals surface area contributed by atoms with E-state index in [4.69, 9.17) is 0 Å². The van der Waals surface area contributed by atoms with Crippen LogP contribution in [-0.4, -0.2) is 24.0 Å². The summed E-state index contributed by atoms with van der Waals surface area (Å²) in [5, 5.41) is 6.11. The molecular formula is C13H19N3O. The molecule has 4 heteroatoms. The second kappa shape index (κ2) is 4.73. The molecular weight excluding hydrogens is 214 g/mol. The zero-order chi connectivity index (χ0) is 12.3. The summed E-state index contributed by atoms with van der Waals surface area (Å²) < 4.78 is 0. The van der Waals surface area contributed by atoms with Gasteiger partial charge < -0.3 is 10.6 Å². The number of pyridine rings is 1. The van der Waals surface area contributed by atoms with Crippen LogP contribution < -0.4 is 10.6 Å². The van der Waals surface area contributed by atoms with Crippen molar-refractivity contribution in [3.05, 3.63) is 24.0 Å². The first kappa shape index (κ1) is 11.9. The third-order valence-corrected chi connectivity index (χ3v) is 3.15. The highest BCUT2D eigenvalue weighted by atomic mass is 16.1. The fourth-order valence-corrected chi connectivity index (χ4v) is 1.62. The molecule has 1 aromatic rings. The van der Waals surface area contributed by atoms with Crippen molar-refractivity contribution >= 4 is 11.6 Å². The Morgan fingerprint density at radius 1 is 1.53 bits per heavy atom. The number of rotatable bonds is 5. The number of anilines is 1. The van der Waals surface area contributed by atoms with Crippen LogP contribution in [0.25, 0.3) is 0 Å². The van der Waals surface area contributed by atoms with Gasteiger partial charge in [-0.15, -0.1) is 0 Å². The fraction of sp³-hybridized carbons (Fsp3) is 0.538. The molecule has 0 unspecified atom stereocenters. The molecule has 2 rings (SSSR count). The van der Waals surface area contributed by atoms with Gasteiger partial charge in [0, 0.05) is 25.0 Å². The lowest BCUT2D eigenvalue weighted by atomic mass is 10.1. The highest BCUT2D eigenvalue weighted by molar-refractivity contribution is 5.93. The number of hydrogen-bond donors (Lipinski definition) is 2. The molecule has 92 valence electrons. The van der Waals surface area contributed by atoms with Crippen LogP contribution in [0.5, 0.6) is 0 Å².